The molecule has 0 unspecified atom stereocenters. The third kappa shape index (κ3) is 4.05. The van der Waals surface area contributed by atoms with Gasteiger partial charge in [-0.1, -0.05) is 17.8 Å². The van der Waals surface area contributed by atoms with Crippen LogP contribution < -0.4 is 5.32 Å². The number of imidazole rings is 1. The monoisotopic (exact) mass is 367 g/mol. The average molecular weight is 367 g/mol. The van der Waals surface area contributed by atoms with Crippen molar-refractivity contribution in [2.75, 3.05) is 12.4 Å². The van der Waals surface area contributed by atoms with Gasteiger partial charge in [0.05, 0.1) is 18.9 Å². The molecule has 0 aliphatic carbocycles. The molecule has 1 aromatic carbocycles. The molecular formula is C16H12F3N3O2S. The molecule has 3 aromatic rings. The third-order valence-electron chi connectivity index (χ3n) is 3.24. The van der Waals surface area contributed by atoms with Crippen LogP contribution in [0.4, 0.5) is 23.8 Å². The van der Waals surface area contributed by atoms with Crippen molar-refractivity contribution in [2.24, 2.45) is 0 Å². The summed E-state index contributed by atoms with van der Waals surface area (Å²) in [5, 5.41) is 2.45. The number of rotatable bonds is 3. The highest BCUT2D eigenvalue weighted by molar-refractivity contribution is 7.99. The Morgan fingerprint density at radius 3 is 2.72 bits per heavy atom. The van der Waals surface area contributed by atoms with Crippen LogP contribution in [0.5, 0.6) is 0 Å². The molecule has 2 heterocycles. The minimum Gasteiger partial charge on any atom is -0.453 e. The van der Waals surface area contributed by atoms with Crippen molar-refractivity contribution in [2.45, 2.75) is 16.0 Å². The van der Waals surface area contributed by atoms with Crippen molar-refractivity contribution in [1.29, 1.82) is 0 Å². The second-order valence-corrected chi connectivity index (χ2v) is 6.15. The Hall–Kier alpha value is -2.68. The van der Waals surface area contributed by atoms with E-state index in [2.05, 4.69) is 15.0 Å². The minimum atomic E-state index is -4.38. The highest BCUT2D eigenvalue weighted by Crippen LogP contribution is 2.34. The fourth-order valence-electron chi connectivity index (χ4n) is 2.12. The first-order valence-corrected chi connectivity index (χ1v) is 7.85. The van der Waals surface area contributed by atoms with Crippen LogP contribution in [-0.4, -0.2) is 22.6 Å². The van der Waals surface area contributed by atoms with E-state index in [-0.39, 0.29) is 0 Å². The lowest BCUT2D eigenvalue weighted by atomic mass is 10.2. The zero-order valence-electron chi connectivity index (χ0n) is 12.9. The predicted octanol–water partition coefficient (Wildman–Crippen LogP) is 4.68. The number of benzene rings is 1. The molecule has 0 fully saturated rings. The van der Waals surface area contributed by atoms with Crippen molar-refractivity contribution in [1.82, 2.24) is 9.38 Å². The summed E-state index contributed by atoms with van der Waals surface area (Å²) in [4.78, 5) is 16.6. The van der Waals surface area contributed by atoms with Gasteiger partial charge in [0.1, 0.15) is 5.65 Å². The van der Waals surface area contributed by atoms with Crippen LogP contribution in [0.2, 0.25) is 0 Å². The lowest BCUT2D eigenvalue weighted by molar-refractivity contribution is -0.137. The summed E-state index contributed by atoms with van der Waals surface area (Å²) in [6.07, 6.45) is -1.71. The average Bonchev–Trinajstić information content (AvgIpc) is 2.95. The number of aromatic nitrogens is 2. The first-order chi connectivity index (χ1) is 11.8. The molecule has 25 heavy (non-hydrogen) atoms. The van der Waals surface area contributed by atoms with Gasteiger partial charge in [0.2, 0.25) is 0 Å². The van der Waals surface area contributed by atoms with Crippen LogP contribution in [-0.2, 0) is 10.9 Å². The molecule has 2 aromatic heterocycles. The van der Waals surface area contributed by atoms with Gasteiger partial charge in [-0.3, -0.25) is 5.32 Å². The number of carbonyl (C=O) groups is 1. The van der Waals surface area contributed by atoms with Gasteiger partial charge >= 0.3 is 12.3 Å². The van der Waals surface area contributed by atoms with E-state index in [0.29, 0.717) is 16.4 Å². The summed E-state index contributed by atoms with van der Waals surface area (Å²) >= 11 is 1.20. The van der Waals surface area contributed by atoms with Crippen molar-refractivity contribution in [3.8, 4) is 0 Å². The number of carbonyl (C=O) groups excluding carboxylic acids is 1. The summed E-state index contributed by atoms with van der Waals surface area (Å²) in [5.41, 5.74) is -0.106. The Morgan fingerprint density at radius 2 is 2.00 bits per heavy atom. The number of fused-ring (bicyclic) bond motifs is 1. The second-order valence-electron chi connectivity index (χ2n) is 5.00. The van der Waals surface area contributed by atoms with E-state index in [1.54, 1.807) is 35.0 Å². The second kappa shape index (κ2) is 6.67. The number of hydrogen-bond acceptors (Lipinski definition) is 4. The number of pyridine rings is 1. The highest BCUT2D eigenvalue weighted by Gasteiger charge is 2.30. The van der Waals surface area contributed by atoms with Gasteiger partial charge in [-0.25, -0.2) is 9.78 Å². The van der Waals surface area contributed by atoms with Crippen LogP contribution in [0.3, 0.4) is 0 Å². The summed E-state index contributed by atoms with van der Waals surface area (Å²) in [5.74, 6) is 0.313. The quantitative estimate of drug-likeness (QED) is 0.730. The number of methoxy groups -OCH3 is 1. The fraction of sp³-hybridized carbons (Fsp3) is 0.125. The van der Waals surface area contributed by atoms with Gasteiger partial charge in [0, 0.05) is 16.0 Å². The first-order valence-electron chi connectivity index (χ1n) is 7.04. The number of alkyl halides is 3. The Bertz CT molecular complexity index is 924. The third-order valence-corrected chi connectivity index (χ3v) is 4.20. The van der Waals surface area contributed by atoms with Gasteiger partial charge < -0.3 is 9.14 Å². The largest absolute Gasteiger partial charge is 0.453 e. The minimum absolute atomic E-state index is 0.313. The number of ether oxygens (including phenoxy) is 1. The molecule has 0 atom stereocenters. The molecule has 1 amide bonds. The lowest BCUT2D eigenvalue weighted by Gasteiger charge is -2.08. The van der Waals surface area contributed by atoms with Crippen LogP contribution in [0.25, 0.3) is 5.65 Å². The standard InChI is InChI=1S/C16H12F3N3O2S/c1-24-15(23)21-13-9-22-8-12(5-6-14(22)20-13)25-11-4-2-3-10(7-11)16(17,18)19/h2-9H,1H3,(H,21,23). The van der Waals surface area contributed by atoms with Crippen molar-refractivity contribution < 1.29 is 22.7 Å². The molecule has 0 aliphatic rings. The predicted molar refractivity (Wildman–Crippen MR) is 86.8 cm³/mol. The molecule has 0 bridgehead atoms. The number of anilines is 1. The van der Waals surface area contributed by atoms with Gasteiger partial charge in [0.25, 0.3) is 0 Å². The van der Waals surface area contributed by atoms with Gasteiger partial charge in [-0.15, -0.1) is 0 Å². The highest BCUT2D eigenvalue weighted by atomic mass is 32.2. The fourth-order valence-corrected chi connectivity index (χ4v) is 3.03. The summed E-state index contributed by atoms with van der Waals surface area (Å²) < 4.78 is 44.5. The number of hydrogen-bond donors (Lipinski definition) is 1. The number of halogens is 3. The molecule has 130 valence electrons. The summed E-state index contributed by atoms with van der Waals surface area (Å²) in [6.45, 7) is 0. The van der Waals surface area contributed by atoms with Crippen LogP contribution >= 0.6 is 11.8 Å². The molecule has 3 rings (SSSR count). The maximum Gasteiger partial charge on any atom is 0.416 e. The Labute approximate surface area is 144 Å². The van der Waals surface area contributed by atoms with Crippen molar-refractivity contribution in [3.63, 3.8) is 0 Å². The summed E-state index contributed by atoms with van der Waals surface area (Å²) in [6, 6.07) is 8.58. The molecule has 0 saturated heterocycles. The zero-order chi connectivity index (χ0) is 18.0. The number of nitrogens with zero attached hydrogens (tertiary/aromatic N) is 2. The van der Waals surface area contributed by atoms with E-state index in [0.717, 1.165) is 17.0 Å². The van der Waals surface area contributed by atoms with Crippen LogP contribution in [0.1, 0.15) is 5.56 Å². The topological polar surface area (TPSA) is 55.6 Å². The zero-order valence-corrected chi connectivity index (χ0v) is 13.7. The normalized spacial score (nSPS) is 11.5. The molecule has 0 radical (unpaired) electrons. The van der Waals surface area contributed by atoms with E-state index in [1.807, 2.05) is 0 Å². The SMILES string of the molecule is COC(=O)Nc1cn2cc(Sc3cccc(C(F)(F)F)c3)ccc2n1. The van der Waals surface area contributed by atoms with E-state index in [4.69, 9.17) is 0 Å². The molecule has 0 saturated carbocycles. The maximum absolute atomic E-state index is 12.8. The van der Waals surface area contributed by atoms with E-state index >= 15 is 0 Å². The van der Waals surface area contributed by atoms with E-state index in [1.165, 1.54) is 24.9 Å². The van der Waals surface area contributed by atoms with Gasteiger partial charge in [-0.2, -0.15) is 13.2 Å². The van der Waals surface area contributed by atoms with Crippen molar-refractivity contribution in [3.05, 3.63) is 54.4 Å². The van der Waals surface area contributed by atoms with E-state index in [9.17, 15) is 18.0 Å². The van der Waals surface area contributed by atoms with Gasteiger partial charge in [-0.05, 0) is 30.3 Å². The molecule has 5 nitrogen and oxygen atoms in total. The smallest absolute Gasteiger partial charge is 0.416 e. The maximum atomic E-state index is 12.8. The van der Waals surface area contributed by atoms with Gasteiger partial charge in [0.15, 0.2) is 5.82 Å². The Kier molecular flexibility index (Phi) is 4.58. The Balaban J connectivity index is 1.83. The number of nitrogens with one attached hydrogen (secondary N) is 1. The molecule has 1 N–H and O–H groups in total. The first kappa shape index (κ1) is 17.2. The van der Waals surface area contributed by atoms with Crippen molar-refractivity contribution >= 4 is 29.3 Å². The molecule has 9 heteroatoms. The Morgan fingerprint density at radius 1 is 1.20 bits per heavy atom. The van der Waals surface area contributed by atoms with Crippen LogP contribution in [0.15, 0.2) is 58.6 Å². The molecule has 0 spiro atoms. The van der Waals surface area contributed by atoms with Crippen LogP contribution in [0, 0.1) is 0 Å². The lowest BCUT2D eigenvalue weighted by Crippen LogP contribution is -2.10. The molecule has 0 aliphatic heterocycles. The molecular weight excluding hydrogens is 355 g/mol. The number of amides is 1. The van der Waals surface area contributed by atoms with E-state index < -0.39 is 17.8 Å². The summed E-state index contributed by atoms with van der Waals surface area (Å²) in [7, 11) is 1.24.